The number of hydrogen-bond acceptors (Lipinski definition) is 4. The molecule has 0 bridgehead atoms. The minimum absolute atomic E-state index is 0.228. The monoisotopic (exact) mass is 251 g/mol. The molecule has 0 saturated carbocycles. The Bertz CT molecular complexity index is 394. The van der Waals surface area contributed by atoms with Crippen LogP contribution in [0.2, 0.25) is 0 Å². The van der Waals surface area contributed by atoms with Crippen molar-refractivity contribution in [2.45, 2.75) is 19.9 Å². The van der Waals surface area contributed by atoms with E-state index < -0.39 is 0 Å². The van der Waals surface area contributed by atoms with Gasteiger partial charge in [-0.2, -0.15) is 0 Å². The van der Waals surface area contributed by atoms with Crippen molar-refractivity contribution < 1.29 is 9.94 Å². The van der Waals surface area contributed by atoms with E-state index in [-0.39, 0.29) is 5.84 Å². The lowest BCUT2D eigenvalue weighted by molar-refractivity contribution is 0.285. The number of nitrogens with zero attached hydrogens (tertiary/aromatic N) is 2. The van der Waals surface area contributed by atoms with Gasteiger partial charge in [-0.3, -0.25) is 4.90 Å². The van der Waals surface area contributed by atoms with Gasteiger partial charge in [0.2, 0.25) is 0 Å². The van der Waals surface area contributed by atoms with Crippen molar-refractivity contribution in [1.29, 1.82) is 0 Å². The van der Waals surface area contributed by atoms with Crippen LogP contribution in [0.25, 0.3) is 0 Å². The molecule has 0 aliphatic rings. The van der Waals surface area contributed by atoms with Gasteiger partial charge in [0.25, 0.3) is 0 Å². The Kier molecular flexibility index (Phi) is 6.00. The van der Waals surface area contributed by atoms with Gasteiger partial charge in [0.05, 0.1) is 13.7 Å². The van der Waals surface area contributed by atoms with E-state index in [0.29, 0.717) is 6.54 Å². The molecule has 3 N–H and O–H groups in total. The smallest absolute Gasteiger partial charge is 0.153 e. The summed E-state index contributed by atoms with van der Waals surface area (Å²) in [5.74, 6) is 1.07. The summed E-state index contributed by atoms with van der Waals surface area (Å²) >= 11 is 0. The van der Waals surface area contributed by atoms with Gasteiger partial charge in [0.1, 0.15) is 5.75 Å². The fourth-order valence-electron chi connectivity index (χ4n) is 1.82. The fourth-order valence-corrected chi connectivity index (χ4v) is 1.82. The summed E-state index contributed by atoms with van der Waals surface area (Å²) in [7, 11) is 1.65. The summed E-state index contributed by atoms with van der Waals surface area (Å²) in [6, 6.07) is 7.91. The lowest BCUT2D eigenvalue weighted by Crippen LogP contribution is -2.34. The summed E-state index contributed by atoms with van der Waals surface area (Å²) in [4.78, 5) is 2.13. The van der Waals surface area contributed by atoms with Gasteiger partial charge in [0.15, 0.2) is 5.84 Å². The molecule has 0 aromatic heterocycles. The Morgan fingerprint density at radius 2 is 2.28 bits per heavy atom. The summed E-state index contributed by atoms with van der Waals surface area (Å²) < 4.78 is 5.19. The maximum Gasteiger partial charge on any atom is 0.153 e. The third-order valence-corrected chi connectivity index (χ3v) is 2.59. The molecule has 0 saturated heterocycles. The maximum atomic E-state index is 8.62. The Morgan fingerprint density at radius 3 is 2.89 bits per heavy atom. The predicted octanol–water partition coefficient (Wildman–Crippen LogP) is 1.65. The fraction of sp³-hybridized carbons (Fsp3) is 0.462. The number of nitrogens with two attached hydrogens (primary N) is 1. The first-order chi connectivity index (χ1) is 8.69. The molecular weight excluding hydrogens is 230 g/mol. The van der Waals surface area contributed by atoms with Crippen LogP contribution in [0.3, 0.4) is 0 Å². The van der Waals surface area contributed by atoms with Crippen LogP contribution in [0, 0.1) is 0 Å². The lowest BCUT2D eigenvalue weighted by atomic mass is 10.2. The third-order valence-electron chi connectivity index (χ3n) is 2.59. The van der Waals surface area contributed by atoms with Crippen LogP contribution in [0.15, 0.2) is 29.4 Å². The molecule has 0 atom stereocenters. The molecule has 0 spiro atoms. The average molecular weight is 251 g/mol. The van der Waals surface area contributed by atoms with Crippen molar-refractivity contribution in [2.24, 2.45) is 10.9 Å². The van der Waals surface area contributed by atoms with Crippen LogP contribution in [0.4, 0.5) is 0 Å². The minimum Gasteiger partial charge on any atom is -0.497 e. The van der Waals surface area contributed by atoms with Crippen LogP contribution < -0.4 is 10.5 Å². The van der Waals surface area contributed by atoms with Crippen molar-refractivity contribution in [3.05, 3.63) is 29.8 Å². The summed E-state index contributed by atoms with van der Waals surface area (Å²) in [6.07, 6.45) is 1.02. The van der Waals surface area contributed by atoms with E-state index in [9.17, 15) is 0 Å². The second-order valence-corrected chi connectivity index (χ2v) is 4.15. The zero-order chi connectivity index (χ0) is 13.4. The van der Waals surface area contributed by atoms with Crippen LogP contribution in [0.1, 0.15) is 18.9 Å². The van der Waals surface area contributed by atoms with Crippen molar-refractivity contribution in [3.63, 3.8) is 0 Å². The van der Waals surface area contributed by atoms with E-state index in [0.717, 1.165) is 30.8 Å². The number of amidine groups is 1. The molecule has 1 aromatic carbocycles. The molecule has 1 aromatic rings. The lowest BCUT2D eigenvalue weighted by Gasteiger charge is -2.21. The van der Waals surface area contributed by atoms with Gasteiger partial charge in [-0.25, -0.2) is 0 Å². The normalized spacial score (nSPS) is 11.8. The van der Waals surface area contributed by atoms with Gasteiger partial charge in [0, 0.05) is 6.54 Å². The Balaban J connectivity index is 2.69. The summed E-state index contributed by atoms with van der Waals surface area (Å²) in [5, 5.41) is 11.6. The van der Waals surface area contributed by atoms with E-state index in [1.165, 1.54) is 0 Å². The highest BCUT2D eigenvalue weighted by molar-refractivity contribution is 5.81. The molecule has 0 unspecified atom stereocenters. The molecule has 0 heterocycles. The highest BCUT2D eigenvalue weighted by atomic mass is 16.5. The van der Waals surface area contributed by atoms with E-state index in [4.69, 9.17) is 15.7 Å². The van der Waals surface area contributed by atoms with Gasteiger partial charge in [-0.05, 0) is 30.7 Å². The van der Waals surface area contributed by atoms with Crippen molar-refractivity contribution in [3.8, 4) is 5.75 Å². The number of methoxy groups -OCH3 is 1. The van der Waals surface area contributed by atoms with Gasteiger partial charge in [-0.1, -0.05) is 24.2 Å². The van der Waals surface area contributed by atoms with Gasteiger partial charge in [-0.15, -0.1) is 0 Å². The third kappa shape index (κ3) is 4.63. The maximum absolute atomic E-state index is 8.62. The molecule has 0 fully saturated rings. The molecule has 0 aliphatic carbocycles. The van der Waals surface area contributed by atoms with Crippen LogP contribution in [-0.2, 0) is 6.54 Å². The molecule has 1 rings (SSSR count). The highest BCUT2D eigenvalue weighted by Crippen LogP contribution is 2.14. The minimum atomic E-state index is 0.228. The standard InChI is InChI=1S/C13H21N3O2/c1-3-7-16(10-13(14)15-17)9-11-5-4-6-12(8-11)18-2/h4-6,8,17H,3,7,9-10H2,1-2H3,(H2,14,15). The molecular formula is C13H21N3O2. The first kappa shape index (κ1) is 14.3. The second-order valence-electron chi connectivity index (χ2n) is 4.15. The van der Waals surface area contributed by atoms with Crippen LogP contribution >= 0.6 is 0 Å². The van der Waals surface area contributed by atoms with E-state index in [2.05, 4.69) is 17.0 Å². The Hall–Kier alpha value is -1.75. The van der Waals surface area contributed by atoms with E-state index >= 15 is 0 Å². The Labute approximate surface area is 108 Å². The predicted molar refractivity (Wildman–Crippen MR) is 72.0 cm³/mol. The van der Waals surface area contributed by atoms with Crippen LogP contribution in [0.5, 0.6) is 5.75 Å². The topological polar surface area (TPSA) is 71.1 Å². The van der Waals surface area contributed by atoms with E-state index in [1.54, 1.807) is 7.11 Å². The quantitative estimate of drug-likeness (QED) is 0.334. The summed E-state index contributed by atoms with van der Waals surface area (Å²) in [6.45, 7) is 4.21. The van der Waals surface area contributed by atoms with E-state index in [1.807, 2.05) is 24.3 Å². The average Bonchev–Trinajstić information content (AvgIpc) is 2.39. The van der Waals surface area contributed by atoms with Gasteiger partial charge >= 0.3 is 0 Å². The molecule has 0 radical (unpaired) electrons. The second kappa shape index (κ2) is 7.55. The molecule has 5 heteroatoms. The number of ether oxygens (including phenoxy) is 1. The van der Waals surface area contributed by atoms with Crippen molar-refractivity contribution in [1.82, 2.24) is 4.90 Å². The zero-order valence-corrected chi connectivity index (χ0v) is 11.0. The number of benzene rings is 1. The van der Waals surface area contributed by atoms with Crippen molar-refractivity contribution >= 4 is 5.84 Å². The molecule has 5 nitrogen and oxygen atoms in total. The number of rotatable bonds is 7. The summed E-state index contributed by atoms with van der Waals surface area (Å²) in [5.41, 5.74) is 6.69. The van der Waals surface area contributed by atoms with Crippen LogP contribution in [-0.4, -0.2) is 36.1 Å². The SMILES string of the molecule is CCCN(CC(N)=NO)Cc1cccc(OC)c1. The molecule has 0 aliphatic heterocycles. The Morgan fingerprint density at radius 1 is 1.50 bits per heavy atom. The molecule has 0 amide bonds. The molecule has 18 heavy (non-hydrogen) atoms. The van der Waals surface area contributed by atoms with Gasteiger partial charge < -0.3 is 15.7 Å². The first-order valence-electron chi connectivity index (χ1n) is 6.01. The highest BCUT2D eigenvalue weighted by Gasteiger charge is 2.08. The first-order valence-corrected chi connectivity index (χ1v) is 6.01. The zero-order valence-electron chi connectivity index (χ0n) is 11.0. The molecule has 100 valence electrons. The number of hydrogen-bond donors (Lipinski definition) is 2. The number of oxime groups is 1. The van der Waals surface area contributed by atoms with Crippen molar-refractivity contribution in [2.75, 3.05) is 20.2 Å². The largest absolute Gasteiger partial charge is 0.497 e.